The van der Waals surface area contributed by atoms with Gasteiger partial charge >= 0.3 is 0 Å². The Hall–Kier alpha value is -1.55. The van der Waals surface area contributed by atoms with E-state index in [0.717, 1.165) is 5.56 Å². The van der Waals surface area contributed by atoms with E-state index in [2.05, 4.69) is 30.8 Å². The highest BCUT2D eigenvalue weighted by atomic mass is 14.6. The van der Waals surface area contributed by atoms with Gasteiger partial charge in [-0.2, -0.15) is 0 Å². The van der Waals surface area contributed by atoms with E-state index in [-0.39, 0.29) is 0 Å². The molecule has 0 bridgehead atoms. The van der Waals surface area contributed by atoms with E-state index in [1.165, 1.54) is 17.3 Å². The molecule has 1 aromatic rings. The molecule has 0 heterocycles. The second kappa shape index (κ2) is 3.73. The van der Waals surface area contributed by atoms with Crippen LogP contribution in [-0.2, 0) is 0 Å². The van der Waals surface area contributed by atoms with Gasteiger partial charge in [0.2, 0.25) is 0 Å². The highest BCUT2D eigenvalue weighted by Crippen LogP contribution is 2.10. The van der Waals surface area contributed by atoms with Crippen LogP contribution in [0.5, 0.6) is 0 Å². The molecule has 0 N–H and O–H groups in total. The maximum atomic E-state index is 6.59. The molecule has 0 aliphatic heterocycles. The van der Waals surface area contributed by atoms with Crippen molar-refractivity contribution in [1.82, 2.24) is 0 Å². The molecule has 1 heteroatoms. The van der Waals surface area contributed by atoms with Crippen LogP contribution >= 0.6 is 0 Å². The van der Waals surface area contributed by atoms with Gasteiger partial charge in [0.1, 0.15) is 0 Å². The Morgan fingerprint density at radius 1 is 1.25 bits per heavy atom. The SMILES string of the molecule is [C-]#[N+]/C=C/c1ccc(C)c(C)c1. The number of hydrogen-bond donors (Lipinski definition) is 0. The Kier molecular flexibility index (Phi) is 2.66. The number of nitrogens with zero attached hydrogens (tertiary/aromatic N) is 1. The summed E-state index contributed by atoms with van der Waals surface area (Å²) in [5.74, 6) is 0. The Labute approximate surface area is 73.2 Å². The highest BCUT2D eigenvalue weighted by molar-refractivity contribution is 5.52. The van der Waals surface area contributed by atoms with Gasteiger partial charge in [0.25, 0.3) is 0 Å². The van der Waals surface area contributed by atoms with Crippen LogP contribution in [0.15, 0.2) is 24.4 Å². The molecule has 12 heavy (non-hydrogen) atoms. The third-order valence-electron chi connectivity index (χ3n) is 1.87. The third-order valence-corrected chi connectivity index (χ3v) is 1.87. The minimum Gasteiger partial charge on any atom is -0.246 e. The molecule has 0 amide bonds. The quantitative estimate of drug-likeness (QED) is 0.551. The molecular formula is C11H11N. The third kappa shape index (κ3) is 1.96. The molecule has 0 spiro atoms. The molecule has 0 unspecified atom stereocenters. The van der Waals surface area contributed by atoms with Gasteiger partial charge in [-0.25, -0.2) is 4.85 Å². The van der Waals surface area contributed by atoms with E-state index in [9.17, 15) is 0 Å². The fraction of sp³-hybridized carbons (Fsp3) is 0.182. The molecule has 0 aliphatic carbocycles. The predicted molar refractivity (Wildman–Crippen MR) is 51.6 cm³/mol. The van der Waals surface area contributed by atoms with Gasteiger partial charge in [-0.1, -0.05) is 24.3 Å². The van der Waals surface area contributed by atoms with Gasteiger partial charge in [0.05, 0.1) is 6.57 Å². The molecule has 60 valence electrons. The molecule has 0 saturated heterocycles. The average molecular weight is 157 g/mol. The fourth-order valence-corrected chi connectivity index (χ4v) is 0.992. The zero-order valence-electron chi connectivity index (χ0n) is 7.33. The zero-order chi connectivity index (χ0) is 8.97. The molecule has 0 atom stereocenters. The van der Waals surface area contributed by atoms with Crippen LogP contribution < -0.4 is 0 Å². The molecule has 0 fully saturated rings. The molecule has 1 rings (SSSR count). The summed E-state index contributed by atoms with van der Waals surface area (Å²) in [5.41, 5.74) is 3.64. The minimum atomic E-state index is 1.09. The summed E-state index contributed by atoms with van der Waals surface area (Å²) in [4.78, 5) is 3.15. The van der Waals surface area contributed by atoms with Crippen LogP contribution in [0.25, 0.3) is 10.9 Å². The fourth-order valence-electron chi connectivity index (χ4n) is 0.992. The van der Waals surface area contributed by atoms with Crippen LogP contribution in [0.2, 0.25) is 0 Å². The second-order valence-corrected chi connectivity index (χ2v) is 2.79. The van der Waals surface area contributed by atoms with Crippen molar-refractivity contribution < 1.29 is 0 Å². The van der Waals surface area contributed by atoms with Gasteiger partial charge in [-0.3, -0.25) is 0 Å². The second-order valence-electron chi connectivity index (χ2n) is 2.79. The van der Waals surface area contributed by atoms with Gasteiger partial charge in [0, 0.05) is 0 Å². The predicted octanol–water partition coefficient (Wildman–Crippen LogP) is 3.19. The summed E-state index contributed by atoms with van der Waals surface area (Å²) < 4.78 is 0. The van der Waals surface area contributed by atoms with Crippen molar-refractivity contribution in [3.8, 4) is 0 Å². The van der Waals surface area contributed by atoms with E-state index in [1.807, 2.05) is 12.1 Å². The van der Waals surface area contributed by atoms with Crippen LogP contribution in [0.1, 0.15) is 16.7 Å². The Morgan fingerprint density at radius 3 is 2.58 bits per heavy atom. The van der Waals surface area contributed by atoms with Crippen molar-refractivity contribution in [3.63, 3.8) is 0 Å². The van der Waals surface area contributed by atoms with E-state index in [0.29, 0.717) is 0 Å². The summed E-state index contributed by atoms with van der Waals surface area (Å²) in [5, 5.41) is 0. The summed E-state index contributed by atoms with van der Waals surface area (Å²) in [6.45, 7) is 10.7. The zero-order valence-corrected chi connectivity index (χ0v) is 7.33. The largest absolute Gasteiger partial charge is 0.246 e. The lowest BCUT2D eigenvalue weighted by atomic mass is 10.1. The molecule has 1 aromatic carbocycles. The van der Waals surface area contributed by atoms with Crippen molar-refractivity contribution in [3.05, 3.63) is 52.5 Å². The van der Waals surface area contributed by atoms with Crippen molar-refractivity contribution >= 4 is 6.08 Å². The molecule has 0 aromatic heterocycles. The summed E-state index contributed by atoms with van der Waals surface area (Å²) in [6, 6.07) is 6.17. The average Bonchev–Trinajstić information content (AvgIpc) is 2.07. The molecule has 0 radical (unpaired) electrons. The first-order valence-electron chi connectivity index (χ1n) is 3.84. The van der Waals surface area contributed by atoms with Gasteiger partial charge in [-0.05, 0) is 30.5 Å². The molecule has 0 saturated carbocycles. The first-order valence-corrected chi connectivity index (χ1v) is 3.84. The first kappa shape index (κ1) is 8.55. The van der Waals surface area contributed by atoms with Crippen LogP contribution in [0.4, 0.5) is 0 Å². The van der Waals surface area contributed by atoms with Crippen molar-refractivity contribution in [1.29, 1.82) is 0 Å². The maximum Gasteiger partial charge on any atom is 0.154 e. The number of rotatable bonds is 1. The molecule has 1 nitrogen and oxygen atoms in total. The van der Waals surface area contributed by atoms with Gasteiger partial charge in [-0.15, -0.1) is 0 Å². The van der Waals surface area contributed by atoms with Crippen molar-refractivity contribution in [2.75, 3.05) is 0 Å². The van der Waals surface area contributed by atoms with Crippen LogP contribution in [-0.4, -0.2) is 0 Å². The van der Waals surface area contributed by atoms with E-state index < -0.39 is 0 Å². The molecule has 0 aliphatic rings. The lowest BCUT2D eigenvalue weighted by Crippen LogP contribution is -1.80. The van der Waals surface area contributed by atoms with E-state index in [1.54, 1.807) is 0 Å². The van der Waals surface area contributed by atoms with E-state index in [4.69, 9.17) is 6.57 Å². The Balaban J connectivity index is 2.99. The number of benzene rings is 1. The molecular weight excluding hydrogens is 146 g/mol. The van der Waals surface area contributed by atoms with Gasteiger partial charge < -0.3 is 0 Å². The number of hydrogen-bond acceptors (Lipinski definition) is 0. The Morgan fingerprint density at radius 2 is 2.00 bits per heavy atom. The minimum absolute atomic E-state index is 1.09. The van der Waals surface area contributed by atoms with Crippen molar-refractivity contribution in [2.24, 2.45) is 0 Å². The standard InChI is InChI=1S/C11H11N/c1-9-4-5-11(6-7-12-3)8-10(9)2/h4-8H,1-2H3/b7-6+. The van der Waals surface area contributed by atoms with Crippen molar-refractivity contribution in [2.45, 2.75) is 13.8 Å². The smallest absolute Gasteiger partial charge is 0.154 e. The van der Waals surface area contributed by atoms with E-state index >= 15 is 0 Å². The lowest BCUT2D eigenvalue weighted by molar-refractivity contribution is 1.33. The normalized spacial score (nSPS) is 10.1. The summed E-state index contributed by atoms with van der Waals surface area (Å²) in [6.07, 6.45) is 3.30. The topological polar surface area (TPSA) is 4.36 Å². The highest BCUT2D eigenvalue weighted by Gasteiger charge is 1.91. The summed E-state index contributed by atoms with van der Waals surface area (Å²) >= 11 is 0. The summed E-state index contributed by atoms with van der Waals surface area (Å²) in [7, 11) is 0. The van der Waals surface area contributed by atoms with Crippen LogP contribution in [0.3, 0.4) is 0 Å². The maximum absolute atomic E-state index is 6.59. The lowest BCUT2D eigenvalue weighted by Gasteiger charge is -1.99. The monoisotopic (exact) mass is 157 g/mol. The first-order chi connectivity index (χ1) is 5.74. The van der Waals surface area contributed by atoms with Gasteiger partial charge in [0.15, 0.2) is 6.20 Å². The van der Waals surface area contributed by atoms with Crippen LogP contribution in [0, 0.1) is 20.4 Å². The number of aryl methyl sites for hydroxylation is 2. The Bertz CT molecular complexity index is 343.